The number of hydrogen-bond acceptors (Lipinski definition) is 3. The molecule has 0 fully saturated rings. The fourth-order valence-corrected chi connectivity index (χ4v) is 1.61. The van der Waals surface area contributed by atoms with Crippen LogP contribution in [-0.2, 0) is 6.42 Å². The predicted octanol–water partition coefficient (Wildman–Crippen LogP) is 2.00. The van der Waals surface area contributed by atoms with Gasteiger partial charge in [-0.15, -0.1) is 0 Å². The van der Waals surface area contributed by atoms with Gasteiger partial charge in [0, 0.05) is 6.54 Å². The zero-order valence-corrected chi connectivity index (χ0v) is 10.2. The highest BCUT2D eigenvalue weighted by atomic mass is 16.5. The lowest BCUT2D eigenvalue weighted by Gasteiger charge is -2.14. The van der Waals surface area contributed by atoms with Gasteiger partial charge in [0.25, 0.3) is 0 Å². The van der Waals surface area contributed by atoms with E-state index in [4.69, 9.17) is 10.00 Å². The third-order valence-corrected chi connectivity index (χ3v) is 2.54. The lowest BCUT2D eigenvalue weighted by Crippen LogP contribution is -2.21. The van der Waals surface area contributed by atoms with E-state index in [-0.39, 0.29) is 0 Å². The normalized spacial score (nSPS) is 10.2. The van der Waals surface area contributed by atoms with Gasteiger partial charge in [-0.2, -0.15) is 5.26 Å². The fraction of sp³-hybridized carbons (Fsp3) is 0.462. The van der Waals surface area contributed by atoms with E-state index in [1.807, 2.05) is 24.1 Å². The summed E-state index contributed by atoms with van der Waals surface area (Å²) in [6.45, 7) is 3.41. The molecule has 1 aromatic rings. The van der Waals surface area contributed by atoms with Crippen LogP contribution in [0.3, 0.4) is 0 Å². The molecule has 0 radical (unpaired) electrons. The second-order valence-electron chi connectivity index (χ2n) is 3.96. The lowest BCUT2D eigenvalue weighted by atomic mass is 10.1. The number of methoxy groups -OCH3 is 1. The SMILES string of the molecule is COc1ccc(C)cc1CCN(C)CC#N. The van der Waals surface area contributed by atoms with Gasteiger partial charge in [-0.3, -0.25) is 4.90 Å². The maximum atomic E-state index is 8.56. The molecule has 0 N–H and O–H groups in total. The van der Waals surface area contributed by atoms with Crippen LogP contribution in [0.25, 0.3) is 0 Å². The Morgan fingerprint density at radius 2 is 2.19 bits per heavy atom. The van der Waals surface area contributed by atoms with Crippen molar-refractivity contribution in [3.05, 3.63) is 29.3 Å². The van der Waals surface area contributed by atoms with Crippen LogP contribution in [0.4, 0.5) is 0 Å². The van der Waals surface area contributed by atoms with E-state index in [1.165, 1.54) is 11.1 Å². The van der Waals surface area contributed by atoms with Crippen molar-refractivity contribution in [2.45, 2.75) is 13.3 Å². The van der Waals surface area contributed by atoms with Gasteiger partial charge >= 0.3 is 0 Å². The Hall–Kier alpha value is -1.53. The summed E-state index contributed by atoms with van der Waals surface area (Å²) in [4.78, 5) is 2.00. The molecule has 0 saturated carbocycles. The van der Waals surface area contributed by atoms with Crippen molar-refractivity contribution in [2.24, 2.45) is 0 Å². The first-order valence-electron chi connectivity index (χ1n) is 5.36. The predicted molar refractivity (Wildman–Crippen MR) is 64.5 cm³/mol. The standard InChI is InChI=1S/C13H18N2O/c1-11-4-5-13(16-3)12(10-11)6-8-15(2)9-7-14/h4-5,10H,6,8-9H2,1-3H3. The van der Waals surface area contributed by atoms with E-state index >= 15 is 0 Å². The number of ether oxygens (including phenoxy) is 1. The van der Waals surface area contributed by atoms with Crippen LogP contribution < -0.4 is 4.74 Å². The first kappa shape index (κ1) is 12.5. The van der Waals surface area contributed by atoms with E-state index in [9.17, 15) is 0 Å². The Labute approximate surface area is 97.3 Å². The number of benzene rings is 1. The molecule has 3 nitrogen and oxygen atoms in total. The first-order valence-corrected chi connectivity index (χ1v) is 5.36. The summed E-state index contributed by atoms with van der Waals surface area (Å²) in [5.74, 6) is 0.927. The third kappa shape index (κ3) is 3.56. The summed E-state index contributed by atoms with van der Waals surface area (Å²) in [5, 5.41) is 8.56. The van der Waals surface area contributed by atoms with E-state index < -0.39 is 0 Å². The Kier molecular flexibility index (Phi) is 4.81. The zero-order valence-electron chi connectivity index (χ0n) is 10.2. The molecule has 0 saturated heterocycles. The van der Waals surface area contributed by atoms with Crippen LogP contribution in [0.2, 0.25) is 0 Å². The highest BCUT2D eigenvalue weighted by Crippen LogP contribution is 2.20. The van der Waals surface area contributed by atoms with E-state index in [2.05, 4.69) is 19.1 Å². The maximum Gasteiger partial charge on any atom is 0.122 e. The highest BCUT2D eigenvalue weighted by Gasteiger charge is 2.04. The number of likely N-dealkylation sites (N-methyl/N-ethyl adjacent to an activating group) is 1. The minimum atomic E-state index is 0.466. The summed E-state index contributed by atoms with van der Waals surface area (Å²) in [7, 11) is 3.64. The van der Waals surface area contributed by atoms with Gasteiger partial charge < -0.3 is 4.74 Å². The number of rotatable bonds is 5. The Balaban J connectivity index is 2.65. The molecular formula is C13H18N2O. The molecule has 0 atom stereocenters. The Morgan fingerprint density at radius 1 is 1.44 bits per heavy atom. The molecule has 86 valence electrons. The fourth-order valence-electron chi connectivity index (χ4n) is 1.61. The van der Waals surface area contributed by atoms with Crippen molar-refractivity contribution in [1.82, 2.24) is 4.90 Å². The average molecular weight is 218 g/mol. The molecule has 0 aromatic heterocycles. The van der Waals surface area contributed by atoms with E-state index in [1.54, 1.807) is 7.11 Å². The van der Waals surface area contributed by atoms with Crippen LogP contribution in [0.15, 0.2) is 18.2 Å². The molecule has 0 aliphatic heterocycles. The van der Waals surface area contributed by atoms with Gasteiger partial charge in [0.05, 0.1) is 19.7 Å². The molecule has 0 spiro atoms. The topological polar surface area (TPSA) is 36.3 Å². The lowest BCUT2D eigenvalue weighted by molar-refractivity contribution is 0.370. The molecule has 0 unspecified atom stereocenters. The first-order chi connectivity index (χ1) is 7.67. The maximum absolute atomic E-state index is 8.56. The second-order valence-corrected chi connectivity index (χ2v) is 3.96. The summed E-state index contributed by atoms with van der Waals surface area (Å²) in [5.41, 5.74) is 2.44. The second kappa shape index (κ2) is 6.14. The summed E-state index contributed by atoms with van der Waals surface area (Å²) >= 11 is 0. The van der Waals surface area contributed by atoms with E-state index in [0.29, 0.717) is 6.54 Å². The van der Waals surface area contributed by atoms with Crippen LogP contribution in [0.1, 0.15) is 11.1 Å². The van der Waals surface area contributed by atoms with Crippen LogP contribution in [0, 0.1) is 18.3 Å². The van der Waals surface area contributed by atoms with Crippen molar-refractivity contribution >= 4 is 0 Å². The third-order valence-electron chi connectivity index (χ3n) is 2.54. The van der Waals surface area contributed by atoms with Gasteiger partial charge in [-0.25, -0.2) is 0 Å². The molecule has 1 rings (SSSR count). The van der Waals surface area contributed by atoms with Gasteiger partial charge in [0.1, 0.15) is 5.75 Å². The Bertz CT molecular complexity index is 382. The van der Waals surface area contributed by atoms with Crippen molar-refractivity contribution in [3.63, 3.8) is 0 Å². The van der Waals surface area contributed by atoms with Crippen LogP contribution in [-0.4, -0.2) is 32.1 Å². The Morgan fingerprint density at radius 3 is 2.81 bits per heavy atom. The van der Waals surface area contributed by atoms with Gasteiger partial charge in [0.15, 0.2) is 0 Å². The quantitative estimate of drug-likeness (QED) is 0.709. The van der Waals surface area contributed by atoms with Crippen LogP contribution >= 0.6 is 0 Å². The summed E-state index contributed by atoms with van der Waals surface area (Å²) in [6.07, 6.45) is 0.906. The van der Waals surface area contributed by atoms with Gasteiger partial charge in [-0.05, 0) is 32.0 Å². The molecule has 3 heteroatoms. The molecule has 0 amide bonds. The minimum Gasteiger partial charge on any atom is -0.496 e. The molecule has 0 heterocycles. The number of aryl methyl sites for hydroxylation is 1. The zero-order chi connectivity index (χ0) is 12.0. The molecular weight excluding hydrogens is 200 g/mol. The van der Waals surface area contributed by atoms with Gasteiger partial charge in [0.2, 0.25) is 0 Å². The van der Waals surface area contributed by atoms with E-state index in [0.717, 1.165) is 18.7 Å². The van der Waals surface area contributed by atoms with Gasteiger partial charge in [-0.1, -0.05) is 17.7 Å². The molecule has 0 aliphatic carbocycles. The number of hydrogen-bond donors (Lipinski definition) is 0. The minimum absolute atomic E-state index is 0.466. The molecule has 0 bridgehead atoms. The van der Waals surface area contributed by atoms with Crippen molar-refractivity contribution < 1.29 is 4.74 Å². The van der Waals surface area contributed by atoms with Crippen molar-refractivity contribution in [1.29, 1.82) is 5.26 Å². The smallest absolute Gasteiger partial charge is 0.122 e. The summed E-state index contributed by atoms with van der Waals surface area (Å²) in [6, 6.07) is 8.31. The number of nitrogens with zero attached hydrogens (tertiary/aromatic N) is 2. The highest BCUT2D eigenvalue weighted by molar-refractivity contribution is 5.37. The van der Waals surface area contributed by atoms with Crippen molar-refractivity contribution in [3.8, 4) is 11.8 Å². The number of nitriles is 1. The molecule has 0 aliphatic rings. The molecule has 16 heavy (non-hydrogen) atoms. The van der Waals surface area contributed by atoms with Crippen molar-refractivity contribution in [2.75, 3.05) is 27.2 Å². The largest absolute Gasteiger partial charge is 0.496 e. The average Bonchev–Trinajstić information content (AvgIpc) is 2.27. The summed E-state index contributed by atoms with van der Waals surface area (Å²) < 4.78 is 5.31. The monoisotopic (exact) mass is 218 g/mol. The van der Waals surface area contributed by atoms with Crippen LogP contribution in [0.5, 0.6) is 5.75 Å². The molecule has 1 aromatic carbocycles.